The van der Waals surface area contributed by atoms with Gasteiger partial charge in [0, 0.05) is 11.1 Å². The van der Waals surface area contributed by atoms with Crippen molar-refractivity contribution in [2.45, 2.75) is 39.0 Å². The molecule has 1 saturated carbocycles. The molecule has 1 amide bonds. The van der Waals surface area contributed by atoms with Gasteiger partial charge in [-0.05, 0) is 31.4 Å². The number of anilines is 1. The van der Waals surface area contributed by atoms with Crippen LogP contribution in [-0.4, -0.2) is 13.0 Å². The highest BCUT2D eigenvalue weighted by Gasteiger charge is 2.40. The van der Waals surface area contributed by atoms with E-state index in [2.05, 4.69) is 11.4 Å². The van der Waals surface area contributed by atoms with E-state index in [1.54, 1.807) is 12.1 Å². The number of nitriles is 1. The average molecular weight is 307 g/mol. The fourth-order valence-corrected chi connectivity index (χ4v) is 2.87. The van der Waals surface area contributed by atoms with Crippen molar-refractivity contribution >= 4 is 23.2 Å². The number of methoxy groups -OCH3 is 1. The number of amides is 1. The summed E-state index contributed by atoms with van der Waals surface area (Å²) in [5, 5.41) is 12.9. The molecule has 5 heteroatoms. The van der Waals surface area contributed by atoms with Crippen molar-refractivity contribution in [3.8, 4) is 11.8 Å². The number of carbonyl (C=O) groups excluding carboxylic acids is 1. The molecule has 2 rings (SSSR count). The smallest absolute Gasteiger partial charge is 0.244 e. The Labute approximate surface area is 130 Å². The van der Waals surface area contributed by atoms with Gasteiger partial charge in [-0.25, -0.2) is 0 Å². The summed E-state index contributed by atoms with van der Waals surface area (Å²) in [6.07, 6.45) is 4.14. The van der Waals surface area contributed by atoms with Crippen LogP contribution in [-0.2, 0) is 4.79 Å². The van der Waals surface area contributed by atoms with Gasteiger partial charge in [-0.1, -0.05) is 30.9 Å². The molecule has 0 heterocycles. The summed E-state index contributed by atoms with van der Waals surface area (Å²) in [5.74, 6) is 0.257. The van der Waals surface area contributed by atoms with Crippen molar-refractivity contribution < 1.29 is 9.53 Å². The minimum absolute atomic E-state index is 0.246. The lowest BCUT2D eigenvalue weighted by molar-refractivity contribution is -0.124. The van der Waals surface area contributed by atoms with Gasteiger partial charge >= 0.3 is 0 Å². The molecule has 1 aromatic carbocycles. The summed E-state index contributed by atoms with van der Waals surface area (Å²) in [5.41, 5.74) is 0.489. The number of ether oxygens (including phenoxy) is 1. The predicted molar refractivity (Wildman–Crippen MR) is 82.5 cm³/mol. The molecule has 1 fully saturated rings. The van der Waals surface area contributed by atoms with E-state index in [4.69, 9.17) is 16.3 Å². The fourth-order valence-electron chi connectivity index (χ4n) is 2.72. The molecule has 0 radical (unpaired) electrons. The van der Waals surface area contributed by atoms with Crippen LogP contribution in [0.3, 0.4) is 0 Å². The third-order valence-corrected chi connectivity index (χ3v) is 4.49. The van der Waals surface area contributed by atoms with Gasteiger partial charge in [0.15, 0.2) is 0 Å². The maximum atomic E-state index is 12.6. The van der Waals surface area contributed by atoms with Crippen molar-refractivity contribution in [2.75, 3.05) is 12.4 Å². The third kappa shape index (κ3) is 3.14. The van der Waals surface area contributed by atoms with Crippen molar-refractivity contribution in [2.24, 2.45) is 5.41 Å². The van der Waals surface area contributed by atoms with E-state index >= 15 is 0 Å². The van der Waals surface area contributed by atoms with Gasteiger partial charge in [0.05, 0.1) is 18.9 Å². The second-order valence-electron chi connectivity index (χ2n) is 5.51. The summed E-state index contributed by atoms with van der Waals surface area (Å²) in [6.45, 7) is 1.86. The number of nitrogens with one attached hydrogen (secondary N) is 1. The Bertz CT molecular complexity index is 587. The molecule has 1 aromatic rings. The molecular weight excluding hydrogens is 288 g/mol. The summed E-state index contributed by atoms with van der Waals surface area (Å²) >= 11 is 6.06. The fraction of sp³-hybridized carbons (Fsp3) is 0.500. The Morgan fingerprint density at radius 1 is 1.38 bits per heavy atom. The molecule has 21 heavy (non-hydrogen) atoms. The number of nitrogens with zero attached hydrogens (tertiary/aromatic N) is 1. The van der Waals surface area contributed by atoms with Crippen LogP contribution in [0.25, 0.3) is 0 Å². The highest BCUT2D eigenvalue weighted by atomic mass is 35.5. The van der Waals surface area contributed by atoms with E-state index in [9.17, 15) is 10.1 Å². The first kappa shape index (κ1) is 15.7. The van der Waals surface area contributed by atoms with Gasteiger partial charge in [0.25, 0.3) is 0 Å². The first-order chi connectivity index (χ1) is 10.0. The first-order valence-corrected chi connectivity index (χ1v) is 7.47. The van der Waals surface area contributed by atoms with Crippen LogP contribution in [0.4, 0.5) is 5.69 Å². The lowest BCUT2D eigenvalue weighted by atomic mass is 9.74. The third-order valence-electron chi connectivity index (χ3n) is 4.08. The van der Waals surface area contributed by atoms with E-state index in [-0.39, 0.29) is 5.91 Å². The molecule has 0 unspecified atom stereocenters. The SMILES string of the molecule is COc1cc(Cl)c(C)cc1NC(=O)C1(C#N)CCCCC1. The summed E-state index contributed by atoms with van der Waals surface area (Å²) in [4.78, 5) is 12.6. The molecule has 1 aliphatic rings. The van der Waals surface area contributed by atoms with Crippen LogP contribution < -0.4 is 10.1 Å². The Morgan fingerprint density at radius 2 is 2.05 bits per heavy atom. The van der Waals surface area contributed by atoms with Crippen molar-refractivity contribution in [1.82, 2.24) is 0 Å². The Kier molecular flexibility index (Phi) is 4.74. The molecule has 0 atom stereocenters. The number of hydrogen-bond donors (Lipinski definition) is 1. The quantitative estimate of drug-likeness (QED) is 0.915. The van der Waals surface area contributed by atoms with Gasteiger partial charge in [-0.15, -0.1) is 0 Å². The van der Waals surface area contributed by atoms with Gasteiger partial charge in [-0.3, -0.25) is 4.79 Å². The zero-order chi connectivity index (χ0) is 15.5. The monoisotopic (exact) mass is 306 g/mol. The average Bonchev–Trinajstić information content (AvgIpc) is 2.51. The number of benzene rings is 1. The predicted octanol–water partition coefficient (Wildman–Crippen LogP) is 4.07. The standard InChI is InChI=1S/C16H19ClN2O2/c1-11-8-13(14(21-2)9-12(11)17)19-15(20)16(10-18)6-4-3-5-7-16/h8-9H,3-7H2,1-2H3,(H,19,20). The van der Waals surface area contributed by atoms with Gasteiger partial charge in [-0.2, -0.15) is 5.26 Å². The van der Waals surface area contributed by atoms with Crippen LogP contribution >= 0.6 is 11.6 Å². The zero-order valence-corrected chi connectivity index (χ0v) is 13.1. The van der Waals surface area contributed by atoms with Crippen LogP contribution in [0.1, 0.15) is 37.7 Å². The molecule has 1 N–H and O–H groups in total. The number of aryl methyl sites for hydroxylation is 1. The molecule has 4 nitrogen and oxygen atoms in total. The molecule has 0 saturated heterocycles. The Morgan fingerprint density at radius 3 is 2.62 bits per heavy atom. The lowest BCUT2D eigenvalue weighted by Gasteiger charge is -2.29. The summed E-state index contributed by atoms with van der Waals surface area (Å²) in [7, 11) is 1.53. The summed E-state index contributed by atoms with van der Waals surface area (Å²) < 4.78 is 5.25. The molecule has 1 aliphatic carbocycles. The minimum atomic E-state index is -0.920. The minimum Gasteiger partial charge on any atom is -0.495 e. The van der Waals surface area contributed by atoms with E-state index < -0.39 is 5.41 Å². The number of halogens is 1. The van der Waals surface area contributed by atoms with Gasteiger partial charge in [0.1, 0.15) is 11.2 Å². The largest absolute Gasteiger partial charge is 0.495 e. The number of rotatable bonds is 3. The highest BCUT2D eigenvalue weighted by Crippen LogP contribution is 2.38. The maximum Gasteiger partial charge on any atom is 0.244 e. The second-order valence-corrected chi connectivity index (χ2v) is 5.92. The number of hydrogen-bond acceptors (Lipinski definition) is 3. The molecule has 0 spiro atoms. The highest BCUT2D eigenvalue weighted by molar-refractivity contribution is 6.31. The molecule has 0 aromatic heterocycles. The Hall–Kier alpha value is -1.73. The lowest BCUT2D eigenvalue weighted by Crippen LogP contribution is -2.36. The Balaban J connectivity index is 2.27. The van der Waals surface area contributed by atoms with Crippen LogP contribution in [0.5, 0.6) is 5.75 Å². The van der Waals surface area contributed by atoms with Crippen molar-refractivity contribution in [3.05, 3.63) is 22.7 Å². The molecule has 0 aliphatic heterocycles. The maximum absolute atomic E-state index is 12.6. The topological polar surface area (TPSA) is 62.1 Å². The second kappa shape index (κ2) is 6.36. The van der Waals surface area contributed by atoms with Gasteiger partial charge < -0.3 is 10.1 Å². The first-order valence-electron chi connectivity index (χ1n) is 7.09. The zero-order valence-electron chi connectivity index (χ0n) is 12.3. The van der Waals surface area contributed by atoms with Crippen LogP contribution in [0.2, 0.25) is 5.02 Å². The summed E-state index contributed by atoms with van der Waals surface area (Å²) in [6, 6.07) is 5.67. The van der Waals surface area contributed by atoms with E-state index in [1.165, 1.54) is 7.11 Å². The van der Waals surface area contributed by atoms with Crippen LogP contribution in [0.15, 0.2) is 12.1 Å². The molecule has 112 valence electrons. The molecule has 0 bridgehead atoms. The normalized spacial score (nSPS) is 16.9. The molecular formula is C16H19ClN2O2. The number of carbonyl (C=O) groups is 1. The van der Waals surface area contributed by atoms with Crippen molar-refractivity contribution in [3.63, 3.8) is 0 Å². The van der Waals surface area contributed by atoms with Gasteiger partial charge in [0.2, 0.25) is 5.91 Å². The van der Waals surface area contributed by atoms with E-state index in [0.29, 0.717) is 29.3 Å². The van der Waals surface area contributed by atoms with Crippen LogP contribution in [0, 0.1) is 23.7 Å². The van der Waals surface area contributed by atoms with Crippen molar-refractivity contribution in [1.29, 1.82) is 5.26 Å². The van der Waals surface area contributed by atoms with E-state index in [0.717, 1.165) is 24.8 Å². The van der Waals surface area contributed by atoms with E-state index in [1.807, 2.05) is 6.92 Å².